The van der Waals surface area contributed by atoms with E-state index in [-0.39, 0.29) is 0 Å². The van der Waals surface area contributed by atoms with Crippen molar-refractivity contribution in [1.29, 1.82) is 0 Å². The van der Waals surface area contributed by atoms with E-state index in [0.29, 0.717) is 0 Å². The molecular formula is C56H37N. The van der Waals surface area contributed by atoms with Crippen LogP contribution in [0.2, 0.25) is 0 Å². The van der Waals surface area contributed by atoms with E-state index < -0.39 is 0 Å². The lowest BCUT2D eigenvalue weighted by Gasteiger charge is -2.28. The average molecular weight is 724 g/mol. The zero-order valence-corrected chi connectivity index (χ0v) is 31.3. The van der Waals surface area contributed by atoms with Gasteiger partial charge in [0.25, 0.3) is 0 Å². The normalized spacial score (nSPS) is 11.5. The first-order chi connectivity index (χ1) is 28.3. The summed E-state index contributed by atoms with van der Waals surface area (Å²) in [7, 11) is 0. The van der Waals surface area contributed by atoms with Crippen LogP contribution in [-0.4, -0.2) is 0 Å². The topological polar surface area (TPSA) is 3.24 Å². The summed E-state index contributed by atoms with van der Waals surface area (Å²) in [5, 5.41) is 12.6. The molecule has 0 heterocycles. The van der Waals surface area contributed by atoms with Crippen LogP contribution in [0.5, 0.6) is 0 Å². The number of fused-ring (bicyclic) bond motifs is 7. The first-order valence-electron chi connectivity index (χ1n) is 19.7. The number of hydrogen-bond donors (Lipinski definition) is 0. The number of benzene rings is 11. The van der Waals surface area contributed by atoms with Gasteiger partial charge >= 0.3 is 0 Å². The summed E-state index contributed by atoms with van der Waals surface area (Å²) in [6, 6.07) is 82.1. The van der Waals surface area contributed by atoms with E-state index in [1.165, 1.54) is 87.2 Å². The standard InChI is InChI=1S/C56H37N/c1-2-13-38(14-3-1)42-19-10-20-45(35-42)57(44-30-27-41(28-31-44)48-24-11-18-39-15-4-7-21-47(39)48)46-36-43-17-6-9-23-50(43)56(37-46)52-26-12-25-51-54-32-29-40-16-5-8-22-49(40)53(54)33-34-55(51)52/h1-37H. The Labute approximate surface area is 332 Å². The molecule has 11 aromatic rings. The van der Waals surface area contributed by atoms with Gasteiger partial charge in [0.05, 0.1) is 0 Å². The minimum atomic E-state index is 1.10. The fourth-order valence-electron chi connectivity index (χ4n) is 8.91. The van der Waals surface area contributed by atoms with Gasteiger partial charge in [-0.3, -0.25) is 0 Å². The second kappa shape index (κ2) is 13.7. The number of rotatable bonds is 6. The van der Waals surface area contributed by atoms with Gasteiger partial charge in [-0.2, -0.15) is 0 Å². The van der Waals surface area contributed by atoms with Crippen LogP contribution in [-0.2, 0) is 0 Å². The van der Waals surface area contributed by atoms with E-state index in [2.05, 4.69) is 229 Å². The maximum atomic E-state index is 2.42. The number of nitrogens with zero attached hydrogens (tertiary/aromatic N) is 1. The van der Waals surface area contributed by atoms with Gasteiger partial charge in [0.15, 0.2) is 0 Å². The number of anilines is 3. The lowest BCUT2D eigenvalue weighted by Crippen LogP contribution is -2.10. The predicted octanol–water partition coefficient (Wildman–Crippen LogP) is 15.9. The Bertz CT molecular complexity index is 3280. The second-order valence-electron chi connectivity index (χ2n) is 14.9. The van der Waals surface area contributed by atoms with Crippen molar-refractivity contribution in [2.75, 3.05) is 4.90 Å². The van der Waals surface area contributed by atoms with Crippen molar-refractivity contribution in [2.45, 2.75) is 0 Å². The van der Waals surface area contributed by atoms with E-state index in [9.17, 15) is 0 Å². The highest BCUT2D eigenvalue weighted by Crippen LogP contribution is 2.44. The van der Waals surface area contributed by atoms with E-state index in [1.54, 1.807) is 0 Å². The Kier molecular flexibility index (Phi) is 7.89. The third-order valence-corrected chi connectivity index (χ3v) is 11.6. The third kappa shape index (κ3) is 5.72. The highest BCUT2D eigenvalue weighted by atomic mass is 15.1. The predicted molar refractivity (Wildman–Crippen MR) is 245 cm³/mol. The molecule has 266 valence electrons. The smallest absolute Gasteiger partial charge is 0.0474 e. The molecule has 0 atom stereocenters. The maximum absolute atomic E-state index is 2.42. The Balaban J connectivity index is 1.12. The van der Waals surface area contributed by atoms with Crippen molar-refractivity contribution in [3.05, 3.63) is 224 Å². The first-order valence-corrected chi connectivity index (χ1v) is 19.7. The molecule has 11 aromatic carbocycles. The molecule has 0 fully saturated rings. The van der Waals surface area contributed by atoms with Crippen LogP contribution in [0, 0.1) is 0 Å². The fourth-order valence-corrected chi connectivity index (χ4v) is 8.91. The molecule has 0 saturated carbocycles. The first kappa shape index (κ1) is 32.9. The van der Waals surface area contributed by atoms with Gasteiger partial charge in [0.1, 0.15) is 0 Å². The van der Waals surface area contributed by atoms with Crippen LogP contribution in [0.25, 0.3) is 87.2 Å². The summed E-state index contributed by atoms with van der Waals surface area (Å²) in [6.07, 6.45) is 0. The van der Waals surface area contributed by atoms with Gasteiger partial charge in [0.2, 0.25) is 0 Å². The summed E-state index contributed by atoms with van der Waals surface area (Å²) in [5.74, 6) is 0. The maximum Gasteiger partial charge on any atom is 0.0474 e. The fraction of sp³-hybridized carbons (Fsp3) is 0. The zero-order chi connectivity index (χ0) is 37.7. The Hall–Kier alpha value is -7.48. The van der Waals surface area contributed by atoms with Gasteiger partial charge in [-0.1, -0.05) is 188 Å². The van der Waals surface area contributed by atoms with Crippen LogP contribution in [0.3, 0.4) is 0 Å². The molecule has 0 N–H and O–H groups in total. The molecule has 0 aromatic heterocycles. The van der Waals surface area contributed by atoms with Gasteiger partial charge in [0, 0.05) is 17.1 Å². The summed E-state index contributed by atoms with van der Waals surface area (Å²) < 4.78 is 0. The molecule has 57 heavy (non-hydrogen) atoms. The van der Waals surface area contributed by atoms with Crippen molar-refractivity contribution >= 4 is 70.9 Å². The van der Waals surface area contributed by atoms with E-state index in [1.807, 2.05) is 0 Å². The van der Waals surface area contributed by atoms with Gasteiger partial charge in [-0.15, -0.1) is 0 Å². The minimum absolute atomic E-state index is 1.10. The highest BCUT2D eigenvalue weighted by Gasteiger charge is 2.19. The molecule has 1 heteroatoms. The molecule has 0 amide bonds. The third-order valence-electron chi connectivity index (χ3n) is 11.6. The van der Waals surface area contributed by atoms with Crippen LogP contribution < -0.4 is 4.90 Å². The lowest BCUT2D eigenvalue weighted by molar-refractivity contribution is 1.29. The quantitative estimate of drug-likeness (QED) is 0.154. The van der Waals surface area contributed by atoms with Gasteiger partial charge in [-0.05, 0) is 124 Å². The molecule has 0 bridgehead atoms. The summed E-state index contributed by atoms with van der Waals surface area (Å²) in [5.41, 5.74) is 10.6. The highest BCUT2D eigenvalue weighted by molar-refractivity contribution is 6.20. The SMILES string of the molecule is c1ccc(-c2cccc(N(c3ccc(-c4cccc5ccccc45)cc3)c3cc(-c4cccc5c4ccc4c6ccccc6ccc54)c4ccccc4c3)c2)cc1. The van der Waals surface area contributed by atoms with Crippen molar-refractivity contribution < 1.29 is 0 Å². The van der Waals surface area contributed by atoms with E-state index in [4.69, 9.17) is 0 Å². The van der Waals surface area contributed by atoms with Crippen LogP contribution in [0.1, 0.15) is 0 Å². The molecular weight excluding hydrogens is 687 g/mol. The molecule has 0 saturated heterocycles. The lowest BCUT2D eigenvalue weighted by atomic mass is 9.90. The van der Waals surface area contributed by atoms with Gasteiger partial charge < -0.3 is 4.90 Å². The van der Waals surface area contributed by atoms with Crippen molar-refractivity contribution in [2.24, 2.45) is 0 Å². The summed E-state index contributed by atoms with van der Waals surface area (Å²) >= 11 is 0. The van der Waals surface area contributed by atoms with Crippen molar-refractivity contribution in [3.63, 3.8) is 0 Å². The van der Waals surface area contributed by atoms with E-state index >= 15 is 0 Å². The Morgan fingerprint density at radius 2 is 0.754 bits per heavy atom. The molecule has 1 nitrogen and oxygen atoms in total. The average Bonchev–Trinajstić information content (AvgIpc) is 3.29. The van der Waals surface area contributed by atoms with Crippen LogP contribution in [0.4, 0.5) is 17.1 Å². The molecule has 0 aliphatic rings. The molecule has 11 rings (SSSR count). The van der Waals surface area contributed by atoms with Crippen molar-refractivity contribution in [3.8, 4) is 33.4 Å². The second-order valence-corrected chi connectivity index (χ2v) is 14.9. The monoisotopic (exact) mass is 723 g/mol. The number of hydrogen-bond acceptors (Lipinski definition) is 1. The molecule has 0 aliphatic heterocycles. The summed E-state index contributed by atoms with van der Waals surface area (Å²) in [6.45, 7) is 0. The van der Waals surface area contributed by atoms with Crippen LogP contribution >= 0.6 is 0 Å². The Morgan fingerprint density at radius 3 is 1.58 bits per heavy atom. The minimum Gasteiger partial charge on any atom is -0.310 e. The summed E-state index contributed by atoms with van der Waals surface area (Å²) in [4.78, 5) is 2.42. The molecule has 0 spiro atoms. The molecule has 0 aliphatic carbocycles. The molecule has 0 unspecified atom stereocenters. The Morgan fingerprint density at radius 1 is 0.211 bits per heavy atom. The van der Waals surface area contributed by atoms with Crippen molar-refractivity contribution in [1.82, 2.24) is 0 Å². The molecule has 0 radical (unpaired) electrons. The van der Waals surface area contributed by atoms with E-state index in [0.717, 1.165) is 17.1 Å². The zero-order valence-electron chi connectivity index (χ0n) is 31.3. The van der Waals surface area contributed by atoms with Crippen LogP contribution in [0.15, 0.2) is 224 Å². The largest absolute Gasteiger partial charge is 0.310 e. The van der Waals surface area contributed by atoms with Gasteiger partial charge in [-0.25, -0.2) is 0 Å².